The largest absolute Gasteiger partial charge is 0.510 e. The van der Waals surface area contributed by atoms with Gasteiger partial charge in [-0.3, -0.25) is 0 Å². The van der Waals surface area contributed by atoms with Gasteiger partial charge in [0.2, 0.25) is 0 Å². The molecule has 0 saturated heterocycles. The fraction of sp³-hybridized carbons (Fsp3) is 0.200. The van der Waals surface area contributed by atoms with Gasteiger partial charge in [0.1, 0.15) is 11.9 Å². The van der Waals surface area contributed by atoms with Crippen molar-refractivity contribution in [3.8, 4) is 0 Å². The van der Waals surface area contributed by atoms with Crippen LogP contribution in [0, 0.1) is 0 Å². The monoisotopic (exact) mass is 179 g/mol. The summed E-state index contributed by atoms with van der Waals surface area (Å²) in [7, 11) is 0. The van der Waals surface area contributed by atoms with Crippen molar-refractivity contribution in [3.05, 3.63) is 48.2 Å². The van der Waals surface area contributed by atoms with E-state index in [9.17, 15) is 5.11 Å². The Morgan fingerprint density at radius 2 is 1.85 bits per heavy atom. The summed E-state index contributed by atoms with van der Waals surface area (Å²) >= 11 is 0. The van der Waals surface area contributed by atoms with Gasteiger partial charge >= 0.3 is 0 Å². The maximum absolute atomic E-state index is 9.37. The first-order valence-corrected chi connectivity index (χ1v) is 3.99. The van der Waals surface area contributed by atoms with Crippen molar-refractivity contribution in [3.63, 3.8) is 0 Å². The summed E-state index contributed by atoms with van der Waals surface area (Å²) in [5.41, 5.74) is 6.44. The fourth-order valence-electron chi connectivity index (χ4n) is 1.06. The summed E-state index contributed by atoms with van der Waals surface area (Å²) in [6.45, 7) is 3.23. The Kier molecular flexibility index (Phi) is 3.06. The van der Waals surface area contributed by atoms with E-state index in [0.717, 1.165) is 5.56 Å². The molecule has 0 heterocycles. The van der Waals surface area contributed by atoms with E-state index in [1.165, 1.54) is 0 Å². The van der Waals surface area contributed by atoms with Crippen LogP contribution in [0.25, 0.3) is 0 Å². The van der Waals surface area contributed by atoms with Crippen LogP contribution in [-0.4, -0.2) is 16.3 Å². The first kappa shape index (κ1) is 9.77. The van der Waals surface area contributed by atoms with Gasteiger partial charge < -0.3 is 15.9 Å². The number of aliphatic hydroxyl groups excluding tert-OH is 2. The van der Waals surface area contributed by atoms with Crippen LogP contribution in [0.2, 0.25) is 0 Å². The summed E-state index contributed by atoms with van der Waals surface area (Å²) in [6.07, 6.45) is -1.11. The highest BCUT2D eigenvalue weighted by Crippen LogP contribution is 2.16. The smallest absolute Gasteiger partial charge is 0.129 e. The second-order valence-corrected chi connectivity index (χ2v) is 2.87. The molecule has 0 saturated carbocycles. The van der Waals surface area contributed by atoms with Crippen molar-refractivity contribution >= 4 is 0 Å². The Bertz CT molecular complexity index is 284. The summed E-state index contributed by atoms with van der Waals surface area (Å²) in [4.78, 5) is 0. The lowest BCUT2D eigenvalue weighted by Gasteiger charge is -2.17. The van der Waals surface area contributed by atoms with Crippen LogP contribution >= 0.6 is 0 Å². The zero-order valence-corrected chi connectivity index (χ0v) is 7.22. The van der Waals surface area contributed by atoms with Crippen LogP contribution in [0.3, 0.4) is 0 Å². The highest BCUT2D eigenvalue weighted by atomic mass is 16.3. The van der Waals surface area contributed by atoms with E-state index in [1.54, 1.807) is 12.1 Å². The predicted octanol–water partition coefficient (Wildman–Crippen LogP) is 1.12. The van der Waals surface area contributed by atoms with Gasteiger partial charge in [-0.25, -0.2) is 0 Å². The molecule has 0 fully saturated rings. The number of nitrogens with two attached hydrogens (primary N) is 1. The normalized spacial score (nSPS) is 14.9. The quantitative estimate of drug-likeness (QED) is 0.609. The molecule has 0 aliphatic rings. The number of aliphatic hydroxyl groups is 2. The molecule has 0 aliphatic carbocycles. The van der Waals surface area contributed by atoms with Crippen LogP contribution in [0.1, 0.15) is 11.6 Å². The van der Waals surface area contributed by atoms with E-state index in [2.05, 4.69) is 6.58 Å². The van der Waals surface area contributed by atoms with Crippen molar-refractivity contribution in [1.82, 2.24) is 0 Å². The average molecular weight is 179 g/mol. The van der Waals surface area contributed by atoms with Crippen LogP contribution in [0.4, 0.5) is 0 Å². The Balaban J connectivity index is 2.79. The molecule has 0 spiro atoms. The van der Waals surface area contributed by atoms with Gasteiger partial charge in [-0.05, 0) is 5.56 Å². The highest BCUT2D eigenvalue weighted by Gasteiger charge is 2.18. The molecule has 3 heteroatoms. The molecule has 0 radical (unpaired) electrons. The lowest BCUT2D eigenvalue weighted by Crippen LogP contribution is -2.27. The van der Waals surface area contributed by atoms with E-state index in [-0.39, 0.29) is 5.76 Å². The lowest BCUT2D eigenvalue weighted by molar-refractivity contribution is 0.129. The van der Waals surface area contributed by atoms with Crippen molar-refractivity contribution in [1.29, 1.82) is 0 Å². The third kappa shape index (κ3) is 2.31. The Morgan fingerprint density at radius 1 is 1.31 bits per heavy atom. The second kappa shape index (κ2) is 4.07. The molecule has 4 N–H and O–H groups in total. The first-order chi connectivity index (χ1) is 6.13. The SMILES string of the molecule is C=C(O)C(O)C(N)c1ccccc1. The number of hydrogen-bond donors (Lipinski definition) is 3. The molecular weight excluding hydrogens is 166 g/mol. The lowest BCUT2D eigenvalue weighted by atomic mass is 10.0. The standard InChI is InChI=1S/C10H13NO2/c1-7(12)10(13)9(11)8-5-3-2-4-6-8/h2-6,9-10,12-13H,1,11H2. The topological polar surface area (TPSA) is 66.5 Å². The van der Waals surface area contributed by atoms with E-state index in [1.807, 2.05) is 18.2 Å². The molecule has 1 aromatic rings. The maximum atomic E-state index is 9.37. The van der Waals surface area contributed by atoms with Gasteiger partial charge in [0.15, 0.2) is 0 Å². The van der Waals surface area contributed by atoms with Gasteiger partial charge in [-0.15, -0.1) is 0 Å². The van der Waals surface area contributed by atoms with Crippen molar-refractivity contribution < 1.29 is 10.2 Å². The van der Waals surface area contributed by atoms with E-state index in [4.69, 9.17) is 10.8 Å². The van der Waals surface area contributed by atoms with Crippen molar-refractivity contribution in [2.45, 2.75) is 12.1 Å². The van der Waals surface area contributed by atoms with Gasteiger partial charge in [-0.1, -0.05) is 36.9 Å². The van der Waals surface area contributed by atoms with Crippen LogP contribution in [0.5, 0.6) is 0 Å². The minimum absolute atomic E-state index is 0.309. The summed E-state index contributed by atoms with van der Waals surface area (Å²) < 4.78 is 0. The van der Waals surface area contributed by atoms with Crippen LogP contribution in [0.15, 0.2) is 42.7 Å². The number of benzene rings is 1. The minimum atomic E-state index is -1.11. The zero-order chi connectivity index (χ0) is 9.84. The third-order valence-electron chi connectivity index (χ3n) is 1.87. The molecule has 0 amide bonds. The van der Waals surface area contributed by atoms with E-state index >= 15 is 0 Å². The Hall–Kier alpha value is -1.32. The van der Waals surface area contributed by atoms with Gasteiger partial charge in [0.05, 0.1) is 6.04 Å². The van der Waals surface area contributed by atoms with E-state index < -0.39 is 12.1 Å². The molecule has 2 unspecified atom stereocenters. The van der Waals surface area contributed by atoms with Gasteiger partial charge in [-0.2, -0.15) is 0 Å². The molecule has 2 atom stereocenters. The number of hydrogen-bond acceptors (Lipinski definition) is 3. The van der Waals surface area contributed by atoms with Crippen molar-refractivity contribution in [2.24, 2.45) is 5.73 Å². The molecule has 0 bridgehead atoms. The van der Waals surface area contributed by atoms with Crippen LogP contribution in [-0.2, 0) is 0 Å². The number of rotatable bonds is 3. The second-order valence-electron chi connectivity index (χ2n) is 2.87. The van der Waals surface area contributed by atoms with Gasteiger partial charge in [0, 0.05) is 0 Å². The van der Waals surface area contributed by atoms with Gasteiger partial charge in [0.25, 0.3) is 0 Å². The molecule has 3 nitrogen and oxygen atoms in total. The zero-order valence-electron chi connectivity index (χ0n) is 7.22. The van der Waals surface area contributed by atoms with Crippen molar-refractivity contribution in [2.75, 3.05) is 0 Å². The fourth-order valence-corrected chi connectivity index (χ4v) is 1.06. The molecule has 0 aliphatic heterocycles. The Labute approximate surface area is 77.1 Å². The maximum Gasteiger partial charge on any atom is 0.129 e. The Morgan fingerprint density at radius 3 is 2.31 bits per heavy atom. The van der Waals surface area contributed by atoms with Crippen LogP contribution < -0.4 is 5.73 Å². The summed E-state index contributed by atoms with van der Waals surface area (Å²) in [5.74, 6) is -0.309. The average Bonchev–Trinajstić information content (AvgIpc) is 2.17. The third-order valence-corrected chi connectivity index (χ3v) is 1.87. The summed E-state index contributed by atoms with van der Waals surface area (Å²) in [6, 6.07) is 8.45. The molecule has 13 heavy (non-hydrogen) atoms. The molecule has 70 valence electrons. The predicted molar refractivity (Wildman–Crippen MR) is 51.1 cm³/mol. The summed E-state index contributed by atoms with van der Waals surface area (Å²) in [5, 5.41) is 18.3. The minimum Gasteiger partial charge on any atom is -0.510 e. The molecule has 1 aromatic carbocycles. The molecule has 1 rings (SSSR count). The molecular formula is C10H13NO2. The molecule has 0 aromatic heterocycles. The highest BCUT2D eigenvalue weighted by molar-refractivity contribution is 5.21. The van der Waals surface area contributed by atoms with E-state index in [0.29, 0.717) is 0 Å². The first-order valence-electron chi connectivity index (χ1n) is 3.99.